The SMILES string of the molecule is CCCNCc1ccc(-c2cc3nccc(Oc4ccc(CC5=Nc6cc(C)ccc6C5)cc4F)c3s2)nc1. The maximum atomic E-state index is 15.2. The molecule has 4 heterocycles. The van der Waals surface area contributed by atoms with Gasteiger partial charge < -0.3 is 10.1 Å². The van der Waals surface area contributed by atoms with Gasteiger partial charge in [-0.2, -0.15) is 0 Å². The summed E-state index contributed by atoms with van der Waals surface area (Å²) < 4.78 is 22.1. The molecule has 0 fully saturated rings. The first-order valence-electron chi connectivity index (χ1n) is 13.2. The summed E-state index contributed by atoms with van der Waals surface area (Å²) in [5.74, 6) is 0.375. The highest BCUT2D eigenvalue weighted by atomic mass is 32.1. The summed E-state index contributed by atoms with van der Waals surface area (Å²) in [4.78, 5) is 14.9. The molecule has 5 aromatic rings. The Morgan fingerprint density at radius 3 is 2.69 bits per heavy atom. The highest BCUT2D eigenvalue weighted by Gasteiger charge is 2.17. The fraction of sp³-hybridized carbons (Fsp3) is 0.219. The Bertz CT molecular complexity index is 1680. The topological polar surface area (TPSA) is 59.4 Å². The zero-order valence-electron chi connectivity index (χ0n) is 22.0. The smallest absolute Gasteiger partial charge is 0.166 e. The number of aliphatic imine (C=N–C) groups is 1. The minimum Gasteiger partial charge on any atom is -0.453 e. The van der Waals surface area contributed by atoms with E-state index in [9.17, 15) is 0 Å². The molecule has 0 spiro atoms. The van der Waals surface area contributed by atoms with Crippen molar-refractivity contribution in [2.75, 3.05) is 6.54 Å². The van der Waals surface area contributed by atoms with Gasteiger partial charge in [0.2, 0.25) is 0 Å². The van der Waals surface area contributed by atoms with E-state index in [-0.39, 0.29) is 5.75 Å². The number of thiophene rings is 1. The molecule has 1 aliphatic heterocycles. The van der Waals surface area contributed by atoms with E-state index < -0.39 is 5.82 Å². The lowest BCUT2D eigenvalue weighted by Gasteiger charge is -2.09. The molecule has 7 heteroatoms. The van der Waals surface area contributed by atoms with E-state index in [0.29, 0.717) is 12.2 Å². The van der Waals surface area contributed by atoms with E-state index in [1.807, 2.05) is 24.4 Å². The lowest BCUT2D eigenvalue weighted by atomic mass is 10.0. The van der Waals surface area contributed by atoms with Crippen LogP contribution in [0.1, 0.15) is 35.6 Å². The summed E-state index contributed by atoms with van der Waals surface area (Å²) in [7, 11) is 0. The number of nitrogens with zero attached hydrogens (tertiary/aromatic N) is 3. The Balaban J connectivity index is 1.18. The Kier molecular flexibility index (Phi) is 7.18. The maximum Gasteiger partial charge on any atom is 0.166 e. The average molecular weight is 537 g/mol. The van der Waals surface area contributed by atoms with Crippen molar-refractivity contribution in [1.82, 2.24) is 15.3 Å². The van der Waals surface area contributed by atoms with Gasteiger partial charge >= 0.3 is 0 Å². The van der Waals surface area contributed by atoms with Crippen LogP contribution in [0.25, 0.3) is 20.8 Å². The average Bonchev–Trinajstić information content (AvgIpc) is 3.55. The Hall–Kier alpha value is -3.94. The molecule has 0 atom stereocenters. The number of hydrogen-bond donors (Lipinski definition) is 1. The fourth-order valence-electron chi connectivity index (χ4n) is 4.76. The molecule has 2 aromatic carbocycles. The largest absolute Gasteiger partial charge is 0.453 e. The maximum absolute atomic E-state index is 15.2. The summed E-state index contributed by atoms with van der Waals surface area (Å²) in [6.07, 6.45) is 6.11. The number of rotatable bonds is 9. The minimum atomic E-state index is -0.393. The number of aryl methyl sites for hydroxylation is 1. The van der Waals surface area contributed by atoms with Gasteiger partial charge in [0, 0.05) is 43.6 Å². The molecule has 5 nitrogen and oxygen atoms in total. The van der Waals surface area contributed by atoms with Crippen LogP contribution < -0.4 is 10.1 Å². The first-order chi connectivity index (χ1) is 19.1. The normalized spacial score (nSPS) is 12.5. The van der Waals surface area contributed by atoms with Crippen LogP contribution >= 0.6 is 11.3 Å². The number of nitrogens with one attached hydrogen (secondary N) is 1. The Morgan fingerprint density at radius 1 is 0.974 bits per heavy atom. The number of aromatic nitrogens is 2. The van der Waals surface area contributed by atoms with E-state index >= 15 is 4.39 Å². The van der Waals surface area contributed by atoms with Gasteiger partial charge in [-0.25, -0.2) is 4.39 Å². The van der Waals surface area contributed by atoms with Crippen LogP contribution in [0.2, 0.25) is 0 Å². The summed E-state index contributed by atoms with van der Waals surface area (Å²) in [6, 6.07) is 19.4. The van der Waals surface area contributed by atoms with Gasteiger partial charge in [0.25, 0.3) is 0 Å². The summed E-state index contributed by atoms with van der Waals surface area (Å²) in [6.45, 7) is 6.01. The van der Waals surface area contributed by atoms with Gasteiger partial charge in [0.1, 0.15) is 5.75 Å². The van der Waals surface area contributed by atoms with Gasteiger partial charge in [-0.05, 0) is 72.5 Å². The molecule has 3 aromatic heterocycles. The lowest BCUT2D eigenvalue weighted by Crippen LogP contribution is -2.13. The monoisotopic (exact) mass is 536 g/mol. The molecule has 0 amide bonds. The van der Waals surface area contributed by atoms with Crippen LogP contribution in [-0.4, -0.2) is 22.2 Å². The van der Waals surface area contributed by atoms with Crippen molar-refractivity contribution in [3.05, 3.63) is 101 Å². The molecule has 0 bridgehead atoms. The molecule has 39 heavy (non-hydrogen) atoms. The molecule has 0 saturated carbocycles. The standard InChI is InChI=1S/C32H29FN4OS/c1-3-11-34-18-22-5-8-26(36-19-22)31-17-28-32(39-31)30(10-12-35-28)38-29-9-6-21(15-25(29)33)14-24-16-23-7-4-20(2)13-27(23)37-24/h4-10,12-13,15,17,19,34H,3,11,14,16,18H2,1-2H3. The zero-order chi connectivity index (χ0) is 26.8. The minimum absolute atomic E-state index is 0.190. The van der Waals surface area contributed by atoms with Crippen LogP contribution in [0.4, 0.5) is 10.1 Å². The third-order valence-corrected chi connectivity index (χ3v) is 7.91. The van der Waals surface area contributed by atoms with E-state index in [0.717, 1.165) is 69.2 Å². The fourth-order valence-corrected chi connectivity index (χ4v) is 5.80. The third kappa shape index (κ3) is 5.60. The first-order valence-corrected chi connectivity index (χ1v) is 14.0. The number of fused-ring (bicyclic) bond motifs is 2. The molecule has 6 rings (SSSR count). The summed E-state index contributed by atoms with van der Waals surface area (Å²) in [5.41, 5.74) is 8.19. The molecule has 0 saturated heterocycles. The van der Waals surface area contributed by atoms with Crippen molar-refractivity contribution in [2.45, 2.75) is 39.7 Å². The van der Waals surface area contributed by atoms with Crippen LogP contribution in [0.3, 0.4) is 0 Å². The number of benzene rings is 2. The lowest BCUT2D eigenvalue weighted by molar-refractivity contribution is 0.446. The molecule has 1 N–H and O–H groups in total. The van der Waals surface area contributed by atoms with Crippen molar-refractivity contribution in [1.29, 1.82) is 0 Å². The summed E-state index contributed by atoms with van der Waals surface area (Å²) >= 11 is 1.55. The Labute approximate surface area is 231 Å². The van der Waals surface area contributed by atoms with Crippen molar-refractivity contribution in [3.63, 3.8) is 0 Å². The number of ether oxygens (including phenoxy) is 1. The molecule has 0 aliphatic carbocycles. The van der Waals surface area contributed by atoms with Crippen LogP contribution in [0.15, 0.2) is 78.0 Å². The number of hydrogen-bond acceptors (Lipinski definition) is 6. The molecule has 0 radical (unpaired) electrons. The first kappa shape index (κ1) is 25.3. The second-order valence-corrected chi connectivity index (χ2v) is 10.9. The van der Waals surface area contributed by atoms with Gasteiger partial charge in [-0.3, -0.25) is 15.0 Å². The van der Waals surface area contributed by atoms with Crippen molar-refractivity contribution in [2.24, 2.45) is 4.99 Å². The van der Waals surface area contributed by atoms with Gasteiger partial charge in [0.15, 0.2) is 11.6 Å². The predicted molar refractivity (Wildman–Crippen MR) is 157 cm³/mol. The van der Waals surface area contributed by atoms with Crippen molar-refractivity contribution < 1.29 is 9.13 Å². The van der Waals surface area contributed by atoms with Crippen LogP contribution in [0, 0.1) is 12.7 Å². The second kappa shape index (κ2) is 11.0. The Morgan fingerprint density at radius 2 is 1.87 bits per heavy atom. The highest BCUT2D eigenvalue weighted by molar-refractivity contribution is 7.22. The summed E-state index contributed by atoms with van der Waals surface area (Å²) in [5, 5.41) is 3.39. The van der Waals surface area contributed by atoms with Crippen molar-refractivity contribution in [3.8, 4) is 22.1 Å². The third-order valence-electron chi connectivity index (χ3n) is 6.75. The van der Waals surface area contributed by atoms with E-state index in [1.165, 1.54) is 11.1 Å². The zero-order valence-corrected chi connectivity index (χ0v) is 22.8. The van der Waals surface area contributed by atoms with Crippen LogP contribution in [0.5, 0.6) is 11.5 Å². The molecule has 1 aliphatic rings. The quantitative estimate of drug-likeness (QED) is 0.194. The number of pyridine rings is 2. The predicted octanol–water partition coefficient (Wildman–Crippen LogP) is 7.97. The highest BCUT2D eigenvalue weighted by Crippen LogP contribution is 2.39. The van der Waals surface area contributed by atoms with Crippen LogP contribution in [-0.2, 0) is 19.4 Å². The molecule has 0 unspecified atom stereocenters. The van der Waals surface area contributed by atoms with E-state index in [1.54, 1.807) is 35.7 Å². The number of halogens is 1. The van der Waals surface area contributed by atoms with Gasteiger partial charge in [0.05, 0.1) is 26.5 Å². The second-order valence-electron chi connectivity index (χ2n) is 9.89. The van der Waals surface area contributed by atoms with Gasteiger partial charge in [-0.1, -0.05) is 31.2 Å². The molecular formula is C32H29FN4OS. The van der Waals surface area contributed by atoms with E-state index in [2.05, 4.69) is 53.4 Å². The molecule has 196 valence electrons. The van der Waals surface area contributed by atoms with E-state index in [4.69, 9.17) is 9.73 Å². The van der Waals surface area contributed by atoms with Gasteiger partial charge in [-0.15, -0.1) is 11.3 Å². The molecular weight excluding hydrogens is 507 g/mol. The van der Waals surface area contributed by atoms with Crippen molar-refractivity contribution >= 4 is 33.0 Å².